The molecule has 0 aliphatic heterocycles. The van der Waals surface area contributed by atoms with E-state index in [1.54, 1.807) is 4.40 Å². The molecule has 0 spiro atoms. The van der Waals surface area contributed by atoms with Crippen LogP contribution in [0.25, 0.3) is 16.0 Å². The van der Waals surface area contributed by atoms with Gasteiger partial charge in [-0.3, -0.25) is 14.0 Å². The second-order valence-electron chi connectivity index (χ2n) is 6.57. The van der Waals surface area contributed by atoms with Gasteiger partial charge in [0.25, 0.3) is 11.5 Å². The maximum Gasteiger partial charge on any atom is 0.261 e. The van der Waals surface area contributed by atoms with Crippen molar-refractivity contribution in [1.82, 2.24) is 14.7 Å². The lowest BCUT2D eigenvalue weighted by Crippen LogP contribution is -2.33. The maximum atomic E-state index is 12.6. The molecule has 6 heteroatoms. The number of rotatable bonds is 5. The number of aryl methyl sites for hydroxylation is 1. The summed E-state index contributed by atoms with van der Waals surface area (Å²) in [4.78, 5) is 30.5. The zero-order chi connectivity index (χ0) is 18.8. The number of nitrogens with zero attached hydrogens (tertiary/aromatic N) is 2. The van der Waals surface area contributed by atoms with Gasteiger partial charge in [-0.1, -0.05) is 53.8 Å². The van der Waals surface area contributed by atoms with Crippen LogP contribution in [-0.2, 0) is 6.42 Å². The molecule has 2 aromatic heterocycles. The first-order valence-corrected chi connectivity index (χ1v) is 9.69. The fourth-order valence-corrected chi connectivity index (χ4v) is 4.03. The van der Waals surface area contributed by atoms with Gasteiger partial charge < -0.3 is 5.32 Å². The van der Waals surface area contributed by atoms with E-state index in [0.717, 1.165) is 23.9 Å². The van der Waals surface area contributed by atoms with Crippen LogP contribution in [0.4, 0.5) is 0 Å². The average molecular weight is 377 g/mol. The Morgan fingerprint density at radius 2 is 1.89 bits per heavy atom. The van der Waals surface area contributed by atoms with Gasteiger partial charge in [0.2, 0.25) is 0 Å². The second kappa shape index (κ2) is 7.32. The minimum Gasteiger partial charge on any atom is -0.349 e. The van der Waals surface area contributed by atoms with Gasteiger partial charge >= 0.3 is 0 Å². The van der Waals surface area contributed by atoms with Crippen LogP contribution in [-0.4, -0.2) is 21.3 Å². The highest BCUT2D eigenvalue weighted by Gasteiger charge is 2.15. The van der Waals surface area contributed by atoms with Crippen molar-refractivity contribution in [2.24, 2.45) is 0 Å². The Kier molecular flexibility index (Phi) is 4.73. The normalized spacial score (nSPS) is 12.3. The first-order valence-electron chi connectivity index (χ1n) is 8.88. The van der Waals surface area contributed by atoms with E-state index in [4.69, 9.17) is 0 Å². The molecular weight excluding hydrogens is 358 g/mol. The molecule has 2 heterocycles. The van der Waals surface area contributed by atoms with Crippen molar-refractivity contribution in [2.45, 2.75) is 25.8 Å². The summed E-state index contributed by atoms with van der Waals surface area (Å²) in [6.07, 6.45) is 1.73. The molecule has 1 amide bonds. The van der Waals surface area contributed by atoms with Gasteiger partial charge in [-0.15, -0.1) is 0 Å². The van der Waals surface area contributed by atoms with Crippen LogP contribution in [0.3, 0.4) is 0 Å². The van der Waals surface area contributed by atoms with Crippen LogP contribution in [0.2, 0.25) is 0 Å². The van der Waals surface area contributed by atoms with E-state index in [0.29, 0.717) is 9.84 Å². The topological polar surface area (TPSA) is 63.5 Å². The minimum atomic E-state index is -0.237. The number of amides is 1. The SMILES string of the molecule is C[C@@H](CCc1ccccc1)NC(=O)c1cc(=O)n2c(nc3ccccc32)s1. The van der Waals surface area contributed by atoms with Crippen molar-refractivity contribution >= 4 is 33.2 Å². The summed E-state index contributed by atoms with van der Waals surface area (Å²) in [6, 6.07) is 19.1. The Morgan fingerprint density at radius 3 is 2.70 bits per heavy atom. The van der Waals surface area contributed by atoms with E-state index in [-0.39, 0.29) is 17.5 Å². The molecule has 2 aromatic carbocycles. The summed E-state index contributed by atoms with van der Waals surface area (Å²) in [5, 5.41) is 2.99. The summed E-state index contributed by atoms with van der Waals surface area (Å²) >= 11 is 1.23. The molecule has 0 fully saturated rings. The highest BCUT2D eigenvalue weighted by atomic mass is 32.1. The van der Waals surface area contributed by atoms with E-state index >= 15 is 0 Å². The Labute approximate surface area is 160 Å². The molecule has 0 bridgehead atoms. The molecule has 1 atom stereocenters. The number of hydrogen-bond acceptors (Lipinski definition) is 4. The Balaban J connectivity index is 1.52. The number of carbonyl (C=O) groups excluding carboxylic acids is 1. The summed E-state index contributed by atoms with van der Waals surface area (Å²) in [7, 11) is 0. The molecule has 0 saturated heterocycles. The molecule has 0 aliphatic rings. The molecule has 4 rings (SSSR count). The second-order valence-corrected chi connectivity index (χ2v) is 7.58. The van der Waals surface area contributed by atoms with Crippen molar-refractivity contribution in [3.63, 3.8) is 0 Å². The van der Waals surface area contributed by atoms with Crippen LogP contribution >= 0.6 is 11.3 Å². The lowest BCUT2D eigenvalue weighted by molar-refractivity contribution is 0.0942. The quantitative estimate of drug-likeness (QED) is 0.577. The molecular formula is C21H19N3O2S. The van der Waals surface area contributed by atoms with Crippen LogP contribution in [0.15, 0.2) is 65.5 Å². The number of benzene rings is 2. The summed E-state index contributed by atoms with van der Waals surface area (Å²) in [5.74, 6) is -0.229. The van der Waals surface area contributed by atoms with E-state index in [1.165, 1.54) is 23.0 Å². The van der Waals surface area contributed by atoms with E-state index < -0.39 is 0 Å². The minimum absolute atomic E-state index is 0.00931. The van der Waals surface area contributed by atoms with Crippen molar-refractivity contribution in [2.75, 3.05) is 0 Å². The number of carbonyl (C=O) groups is 1. The number of hydrogen-bond donors (Lipinski definition) is 1. The molecule has 0 unspecified atom stereocenters. The zero-order valence-corrected chi connectivity index (χ0v) is 15.7. The van der Waals surface area contributed by atoms with Gasteiger partial charge in [-0.25, -0.2) is 4.98 Å². The predicted molar refractivity (Wildman–Crippen MR) is 109 cm³/mol. The van der Waals surface area contributed by atoms with E-state index in [2.05, 4.69) is 22.4 Å². The molecule has 0 saturated carbocycles. The van der Waals surface area contributed by atoms with Crippen molar-refractivity contribution < 1.29 is 4.79 Å². The Bertz CT molecular complexity index is 1160. The maximum absolute atomic E-state index is 12.6. The number of aromatic nitrogens is 2. The number of fused-ring (bicyclic) bond motifs is 3. The standard InChI is InChI=1S/C21H19N3O2S/c1-14(11-12-15-7-3-2-4-8-15)22-20(26)18-13-19(25)24-17-10-6-5-9-16(17)23-21(24)27-18/h2-10,13-14H,11-12H2,1H3,(H,22,26)/t14-/m0/s1. The smallest absolute Gasteiger partial charge is 0.261 e. The van der Waals surface area contributed by atoms with Gasteiger partial charge in [0.15, 0.2) is 4.96 Å². The third-order valence-electron chi connectivity index (χ3n) is 4.52. The number of imidazole rings is 1. The Hall–Kier alpha value is -2.99. The van der Waals surface area contributed by atoms with Gasteiger partial charge in [0.05, 0.1) is 11.0 Å². The lowest BCUT2D eigenvalue weighted by Gasteiger charge is -2.13. The largest absolute Gasteiger partial charge is 0.349 e. The summed E-state index contributed by atoms with van der Waals surface area (Å²) < 4.78 is 1.55. The van der Waals surface area contributed by atoms with E-state index in [1.807, 2.05) is 49.4 Å². The monoisotopic (exact) mass is 377 g/mol. The van der Waals surface area contributed by atoms with Crippen LogP contribution < -0.4 is 10.9 Å². The van der Waals surface area contributed by atoms with Crippen LogP contribution in [0.1, 0.15) is 28.6 Å². The van der Waals surface area contributed by atoms with Crippen LogP contribution in [0, 0.1) is 0 Å². The fraction of sp³-hybridized carbons (Fsp3) is 0.190. The van der Waals surface area contributed by atoms with Gasteiger partial charge in [0, 0.05) is 12.1 Å². The fourth-order valence-electron chi connectivity index (χ4n) is 3.10. The molecule has 1 N–H and O–H groups in total. The zero-order valence-electron chi connectivity index (χ0n) is 14.9. The number of nitrogens with one attached hydrogen (secondary N) is 1. The van der Waals surface area contributed by atoms with Crippen molar-refractivity contribution in [3.8, 4) is 0 Å². The van der Waals surface area contributed by atoms with Gasteiger partial charge in [-0.05, 0) is 37.5 Å². The lowest BCUT2D eigenvalue weighted by atomic mass is 10.1. The molecule has 27 heavy (non-hydrogen) atoms. The summed E-state index contributed by atoms with van der Waals surface area (Å²) in [6.45, 7) is 1.98. The first-order chi connectivity index (χ1) is 13.1. The van der Waals surface area contributed by atoms with Crippen molar-refractivity contribution in [1.29, 1.82) is 0 Å². The third-order valence-corrected chi connectivity index (χ3v) is 5.50. The highest BCUT2D eigenvalue weighted by molar-refractivity contribution is 7.18. The van der Waals surface area contributed by atoms with Gasteiger partial charge in [0.1, 0.15) is 4.88 Å². The summed E-state index contributed by atoms with van der Waals surface area (Å²) in [5.41, 5.74) is 2.52. The van der Waals surface area contributed by atoms with Gasteiger partial charge in [-0.2, -0.15) is 0 Å². The third kappa shape index (κ3) is 3.61. The first kappa shape index (κ1) is 17.4. The predicted octanol–water partition coefficient (Wildman–Crippen LogP) is 3.66. The molecule has 0 aliphatic carbocycles. The van der Waals surface area contributed by atoms with Crippen molar-refractivity contribution in [3.05, 3.63) is 81.5 Å². The molecule has 4 aromatic rings. The number of para-hydroxylation sites is 2. The van der Waals surface area contributed by atoms with E-state index in [9.17, 15) is 9.59 Å². The molecule has 136 valence electrons. The Morgan fingerprint density at radius 1 is 1.15 bits per heavy atom. The molecule has 0 radical (unpaired) electrons. The highest BCUT2D eigenvalue weighted by Crippen LogP contribution is 2.19. The van der Waals surface area contributed by atoms with Crippen LogP contribution in [0.5, 0.6) is 0 Å². The average Bonchev–Trinajstić information content (AvgIpc) is 3.06. The molecule has 5 nitrogen and oxygen atoms in total.